The molecule has 2 nitrogen and oxygen atoms in total. The molecular formula is C19H31NO. The van der Waals surface area contributed by atoms with Crippen molar-refractivity contribution in [1.29, 1.82) is 0 Å². The van der Waals surface area contributed by atoms with E-state index in [1.165, 1.54) is 30.4 Å². The van der Waals surface area contributed by atoms with Crippen molar-refractivity contribution in [3.63, 3.8) is 0 Å². The maximum atomic E-state index is 6.35. The lowest BCUT2D eigenvalue weighted by atomic mass is 9.80. The standard InChI is InChI=1S/C19H31NO/c1-13(2)20-12-17-10-14(3)6-9-19(17)21-18-8-7-15(4)16(5)11-18/h6,9-10,13,15-16,18,20H,7-8,11-12H2,1-5H3. The van der Waals surface area contributed by atoms with E-state index < -0.39 is 0 Å². The number of hydrogen-bond acceptors (Lipinski definition) is 2. The fraction of sp³-hybridized carbons (Fsp3) is 0.684. The second-order valence-corrected chi connectivity index (χ2v) is 7.15. The Morgan fingerprint density at radius 3 is 2.62 bits per heavy atom. The van der Waals surface area contributed by atoms with Crippen LogP contribution < -0.4 is 10.1 Å². The van der Waals surface area contributed by atoms with Crippen molar-refractivity contribution in [1.82, 2.24) is 5.32 Å². The van der Waals surface area contributed by atoms with E-state index in [1.54, 1.807) is 0 Å². The van der Waals surface area contributed by atoms with Crippen molar-refractivity contribution in [3.8, 4) is 5.75 Å². The summed E-state index contributed by atoms with van der Waals surface area (Å²) in [5.41, 5.74) is 2.59. The lowest BCUT2D eigenvalue weighted by Gasteiger charge is -2.32. The van der Waals surface area contributed by atoms with Crippen LogP contribution in [0.5, 0.6) is 5.75 Å². The summed E-state index contributed by atoms with van der Waals surface area (Å²) in [6.07, 6.45) is 4.05. The molecule has 21 heavy (non-hydrogen) atoms. The monoisotopic (exact) mass is 289 g/mol. The van der Waals surface area contributed by atoms with Crippen molar-refractivity contribution >= 4 is 0 Å². The van der Waals surface area contributed by atoms with Gasteiger partial charge >= 0.3 is 0 Å². The largest absolute Gasteiger partial charge is 0.490 e. The summed E-state index contributed by atoms with van der Waals surface area (Å²) in [6, 6.07) is 7.05. The average molecular weight is 289 g/mol. The summed E-state index contributed by atoms with van der Waals surface area (Å²) in [5, 5.41) is 3.50. The summed E-state index contributed by atoms with van der Waals surface area (Å²) in [4.78, 5) is 0. The minimum Gasteiger partial charge on any atom is -0.490 e. The van der Waals surface area contributed by atoms with Gasteiger partial charge in [0, 0.05) is 18.2 Å². The van der Waals surface area contributed by atoms with Gasteiger partial charge in [-0.3, -0.25) is 0 Å². The molecule has 1 fully saturated rings. The third-order valence-corrected chi connectivity index (χ3v) is 4.76. The zero-order valence-electron chi connectivity index (χ0n) is 14.3. The zero-order chi connectivity index (χ0) is 15.4. The molecule has 118 valence electrons. The third-order valence-electron chi connectivity index (χ3n) is 4.76. The Kier molecular flexibility index (Phi) is 5.69. The van der Waals surface area contributed by atoms with Gasteiger partial charge in [0.05, 0.1) is 6.10 Å². The van der Waals surface area contributed by atoms with E-state index in [0.29, 0.717) is 12.1 Å². The highest BCUT2D eigenvalue weighted by atomic mass is 16.5. The molecule has 0 spiro atoms. The van der Waals surface area contributed by atoms with E-state index in [1.807, 2.05) is 0 Å². The van der Waals surface area contributed by atoms with E-state index in [9.17, 15) is 0 Å². The summed E-state index contributed by atoms with van der Waals surface area (Å²) in [7, 11) is 0. The molecule has 1 saturated carbocycles. The van der Waals surface area contributed by atoms with Crippen LogP contribution in [0, 0.1) is 18.8 Å². The Labute approximate surface area is 130 Å². The lowest BCUT2D eigenvalue weighted by Crippen LogP contribution is -2.29. The molecule has 1 aliphatic carbocycles. The molecule has 3 unspecified atom stereocenters. The number of aryl methyl sites for hydroxylation is 1. The maximum Gasteiger partial charge on any atom is 0.124 e. The van der Waals surface area contributed by atoms with Crippen molar-refractivity contribution in [2.45, 2.75) is 72.6 Å². The van der Waals surface area contributed by atoms with Crippen molar-refractivity contribution in [3.05, 3.63) is 29.3 Å². The molecule has 0 amide bonds. The van der Waals surface area contributed by atoms with E-state index in [-0.39, 0.29) is 0 Å². The van der Waals surface area contributed by atoms with E-state index in [2.05, 4.69) is 58.1 Å². The molecule has 2 rings (SSSR count). The average Bonchev–Trinajstić information content (AvgIpc) is 2.43. The van der Waals surface area contributed by atoms with Gasteiger partial charge in [-0.15, -0.1) is 0 Å². The zero-order valence-corrected chi connectivity index (χ0v) is 14.3. The van der Waals surface area contributed by atoms with Crippen molar-refractivity contribution in [2.75, 3.05) is 0 Å². The maximum absolute atomic E-state index is 6.35. The number of hydrogen-bond donors (Lipinski definition) is 1. The highest BCUT2D eigenvalue weighted by molar-refractivity contribution is 5.37. The van der Waals surface area contributed by atoms with Gasteiger partial charge in [0.2, 0.25) is 0 Å². The van der Waals surface area contributed by atoms with Crippen LogP contribution in [-0.2, 0) is 6.54 Å². The van der Waals surface area contributed by atoms with Gasteiger partial charge < -0.3 is 10.1 Å². The van der Waals surface area contributed by atoms with E-state index >= 15 is 0 Å². The number of nitrogens with one attached hydrogen (secondary N) is 1. The normalized spacial score (nSPS) is 26.1. The minimum atomic E-state index is 0.386. The Hall–Kier alpha value is -1.02. The number of ether oxygens (including phenoxy) is 1. The van der Waals surface area contributed by atoms with E-state index in [4.69, 9.17) is 4.74 Å². The van der Waals surface area contributed by atoms with Crippen LogP contribution >= 0.6 is 0 Å². The topological polar surface area (TPSA) is 21.3 Å². The quantitative estimate of drug-likeness (QED) is 0.848. The van der Waals surface area contributed by atoms with Gasteiger partial charge in [-0.05, 0) is 44.1 Å². The second-order valence-electron chi connectivity index (χ2n) is 7.15. The lowest BCUT2D eigenvalue weighted by molar-refractivity contribution is 0.0995. The first-order valence-electron chi connectivity index (χ1n) is 8.45. The van der Waals surface area contributed by atoms with Crippen LogP contribution in [0.4, 0.5) is 0 Å². The molecule has 3 atom stereocenters. The molecule has 1 aromatic rings. The molecule has 0 aromatic heterocycles. The summed E-state index contributed by atoms with van der Waals surface area (Å²) >= 11 is 0. The Morgan fingerprint density at radius 2 is 1.95 bits per heavy atom. The minimum absolute atomic E-state index is 0.386. The molecule has 0 heterocycles. The summed E-state index contributed by atoms with van der Waals surface area (Å²) in [5.74, 6) is 2.68. The Morgan fingerprint density at radius 1 is 1.19 bits per heavy atom. The van der Waals surface area contributed by atoms with Gasteiger partial charge in [0.25, 0.3) is 0 Å². The van der Waals surface area contributed by atoms with Crippen LogP contribution in [0.3, 0.4) is 0 Å². The Bertz CT molecular complexity index is 455. The first-order chi connectivity index (χ1) is 9.95. The molecule has 0 aliphatic heterocycles. The van der Waals surface area contributed by atoms with Crippen LogP contribution in [0.25, 0.3) is 0 Å². The Balaban J connectivity index is 2.04. The fourth-order valence-corrected chi connectivity index (χ4v) is 3.06. The number of rotatable bonds is 5. The van der Waals surface area contributed by atoms with Gasteiger partial charge in [-0.1, -0.05) is 45.4 Å². The highest BCUT2D eigenvalue weighted by Crippen LogP contribution is 2.33. The predicted octanol–water partition coefficient (Wildman–Crippen LogP) is 4.70. The summed E-state index contributed by atoms with van der Waals surface area (Å²) in [6.45, 7) is 12.1. The molecule has 1 aromatic carbocycles. The van der Waals surface area contributed by atoms with Gasteiger partial charge in [-0.25, -0.2) is 0 Å². The fourth-order valence-electron chi connectivity index (χ4n) is 3.06. The molecule has 0 radical (unpaired) electrons. The van der Waals surface area contributed by atoms with Gasteiger partial charge in [0.1, 0.15) is 5.75 Å². The summed E-state index contributed by atoms with van der Waals surface area (Å²) < 4.78 is 6.35. The van der Waals surface area contributed by atoms with Crippen LogP contribution in [-0.4, -0.2) is 12.1 Å². The predicted molar refractivity (Wildman–Crippen MR) is 89.7 cm³/mol. The molecule has 2 heteroatoms. The van der Waals surface area contributed by atoms with E-state index in [0.717, 1.165) is 24.1 Å². The van der Waals surface area contributed by atoms with Crippen molar-refractivity contribution < 1.29 is 4.74 Å². The SMILES string of the molecule is Cc1ccc(OC2CCC(C)C(C)C2)c(CNC(C)C)c1. The molecule has 1 aliphatic rings. The van der Waals surface area contributed by atoms with Crippen LogP contribution in [0.1, 0.15) is 58.1 Å². The van der Waals surface area contributed by atoms with Gasteiger partial charge in [0.15, 0.2) is 0 Å². The first-order valence-corrected chi connectivity index (χ1v) is 8.45. The first kappa shape index (κ1) is 16.4. The van der Waals surface area contributed by atoms with Crippen molar-refractivity contribution in [2.24, 2.45) is 11.8 Å². The number of benzene rings is 1. The van der Waals surface area contributed by atoms with Gasteiger partial charge in [-0.2, -0.15) is 0 Å². The van der Waals surface area contributed by atoms with Crippen LogP contribution in [0.15, 0.2) is 18.2 Å². The second kappa shape index (κ2) is 7.31. The molecule has 0 saturated heterocycles. The van der Waals surface area contributed by atoms with Crippen LogP contribution in [0.2, 0.25) is 0 Å². The smallest absolute Gasteiger partial charge is 0.124 e. The molecule has 1 N–H and O–H groups in total. The molecule has 0 bridgehead atoms. The molecular weight excluding hydrogens is 258 g/mol. The third kappa shape index (κ3) is 4.74. The highest BCUT2D eigenvalue weighted by Gasteiger charge is 2.26.